The topological polar surface area (TPSA) is 89.0 Å². The van der Waals surface area contributed by atoms with Crippen molar-refractivity contribution >= 4 is 34.0 Å². The standard InChI is InChI=1S/C16H20BrN3O4/c1-9(2)24-14-12(17)6-10(7-13(14)23-3)8-18-20-16(22)15(21)19-11-4-5-11/h6-9,11H,4-5H2,1-3H3,(H,19,21)(H,20,22)/b18-8-. The van der Waals surface area contributed by atoms with Gasteiger partial charge in [-0.3, -0.25) is 9.59 Å². The molecule has 2 amide bonds. The Balaban J connectivity index is 2.01. The van der Waals surface area contributed by atoms with Crippen molar-refractivity contribution in [1.82, 2.24) is 10.7 Å². The fourth-order valence-electron chi connectivity index (χ4n) is 1.86. The van der Waals surface area contributed by atoms with Gasteiger partial charge >= 0.3 is 11.8 Å². The first-order valence-electron chi connectivity index (χ1n) is 7.58. The summed E-state index contributed by atoms with van der Waals surface area (Å²) in [6.45, 7) is 3.84. The van der Waals surface area contributed by atoms with Gasteiger partial charge in [0.25, 0.3) is 0 Å². The van der Waals surface area contributed by atoms with Crippen LogP contribution in [0.1, 0.15) is 32.3 Å². The molecule has 1 aromatic rings. The number of hydrogen-bond acceptors (Lipinski definition) is 5. The summed E-state index contributed by atoms with van der Waals surface area (Å²) >= 11 is 3.43. The Morgan fingerprint density at radius 2 is 2.04 bits per heavy atom. The van der Waals surface area contributed by atoms with Gasteiger partial charge in [-0.2, -0.15) is 5.10 Å². The number of hydrazone groups is 1. The van der Waals surface area contributed by atoms with Crippen molar-refractivity contribution in [3.8, 4) is 11.5 Å². The molecule has 1 aliphatic rings. The summed E-state index contributed by atoms with van der Waals surface area (Å²) < 4.78 is 11.7. The molecular weight excluding hydrogens is 378 g/mol. The van der Waals surface area contributed by atoms with Crippen LogP contribution in [0.4, 0.5) is 0 Å². The summed E-state index contributed by atoms with van der Waals surface area (Å²) in [5.74, 6) is -0.326. The lowest BCUT2D eigenvalue weighted by molar-refractivity contribution is -0.139. The third-order valence-corrected chi connectivity index (χ3v) is 3.69. The Kier molecular flexibility index (Phi) is 6.19. The van der Waals surface area contributed by atoms with E-state index in [0.717, 1.165) is 12.8 Å². The number of ether oxygens (including phenoxy) is 2. The number of benzene rings is 1. The second-order valence-electron chi connectivity index (χ2n) is 5.65. The molecule has 2 rings (SSSR count). The van der Waals surface area contributed by atoms with E-state index in [-0.39, 0.29) is 12.1 Å². The predicted octanol–water partition coefficient (Wildman–Crippen LogP) is 1.97. The number of carbonyl (C=O) groups is 2. The van der Waals surface area contributed by atoms with Crippen molar-refractivity contribution in [2.45, 2.75) is 38.8 Å². The van der Waals surface area contributed by atoms with Crippen LogP contribution in [-0.2, 0) is 9.59 Å². The summed E-state index contributed by atoms with van der Waals surface area (Å²) in [7, 11) is 1.54. The molecule has 7 nitrogen and oxygen atoms in total. The van der Waals surface area contributed by atoms with Crippen molar-refractivity contribution < 1.29 is 19.1 Å². The zero-order valence-corrected chi connectivity index (χ0v) is 15.3. The number of halogens is 1. The number of nitrogens with one attached hydrogen (secondary N) is 2. The molecular formula is C16H20BrN3O4. The molecule has 1 fully saturated rings. The minimum Gasteiger partial charge on any atom is -0.493 e. The highest BCUT2D eigenvalue weighted by Gasteiger charge is 2.26. The summed E-state index contributed by atoms with van der Waals surface area (Å²) in [5.41, 5.74) is 2.88. The number of carbonyl (C=O) groups excluding carboxylic acids is 2. The summed E-state index contributed by atoms with van der Waals surface area (Å²) in [4.78, 5) is 23.1. The zero-order chi connectivity index (χ0) is 17.7. The molecule has 0 aromatic heterocycles. The van der Waals surface area contributed by atoms with Crippen LogP contribution in [0.15, 0.2) is 21.7 Å². The number of nitrogens with zero attached hydrogens (tertiary/aromatic N) is 1. The molecule has 0 atom stereocenters. The van der Waals surface area contributed by atoms with Gasteiger partial charge < -0.3 is 14.8 Å². The first-order valence-corrected chi connectivity index (χ1v) is 8.38. The van der Waals surface area contributed by atoms with Gasteiger partial charge in [0.15, 0.2) is 11.5 Å². The quantitative estimate of drug-likeness (QED) is 0.436. The summed E-state index contributed by atoms with van der Waals surface area (Å²) in [6.07, 6.45) is 3.26. The van der Waals surface area contributed by atoms with Crippen LogP contribution in [0, 0.1) is 0 Å². The van der Waals surface area contributed by atoms with E-state index < -0.39 is 11.8 Å². The van der Waals surface area contributed by atoms with E-state index in [4.69, 9.17) is 9.47 Å². The Labute approximate surface area is 148 Å². The van der Waals surface area contributed by atoms with E-state index in [1.54, 1.807) is 19.2 Å². The average Bonchev–Trinajstić information content (AvgIpc) is 3.33. The lowest BCUT2D eigenvalue weighted by atomic mass is 10.2. The third kappa shape index (κ3) is 5.23. The maximum atomic E-state index is 11.6. The normalized spacial score (nSPS) is 13.9. The van der Waals surface area contributed by atoms with Crippen molar-refractivity contribution in [2.24, 2.45) is 5.10 Å². The molecule has 0 spiro atoms. The molecule has 1 saturated carbocycles. The predicted molar refractivity (Wildman–Crippen MR) is 93.4 cm³/mol. The van der Waals surface area contributed by atoms with Gasteiger partial charge in [-0.1, -0.05) is 0 Å². The minimum atomic E-state index is -0.788. The Hall–Kier alpha value is -2.09. The van der Waals surface area contributed by atoms with Crippen LogP contribution >= 0.6 is 15.9 Å². The minimum absolute atomic E-state index is 0.000940. The molecule has 0 saturated heterocycles. The van der Waals surface area contributed by atoms with Crippen molar-refractivity contribution in [3.63, 3.8) is 0 Å². The van der Waals surface area contributed by atoms with Gasteiger partial charge in [0.05, 0.1) is 23.9 Å². The molecule has 0 bridgehead atoms. The van der Waals surface area contributed by atoms with Gasteiger partial charge in [0, 0.05) is 6.04 Å². The third-order valence-electron chi connectivity index (χ3n) is 3.10. The molecule has 8 heteroatoms. The molecule has 24 heavy (non-hydrogen) atoms. The number of methoxy groups -OCH3 is 1. The smallest absolute Gasteiger partial charge is 0.329 e. The fourth-order valence-corrected chi connectivity index (χ4v) is 2.41. The molecule has 0 heterocycles. The lowest BCUT2D eigenvalue weighted by Crippen LogP contribution is -2.38. The van der Waals surface area contributed by atoms with Crippen LogP contribution in [0.5, 0.6) is 11.5 Å². The monoisotopic (exact) mass is 397 g/mol. The van der Waals surface area contributed by atoms with Gasteiger partial charge in [-0.25, -0.2) is 5.43 Å². The van der Waals surface area contributed by atoms with Crippen molar-refractivity contribution in [2.75, 3.05) is 7.11 Å². The highest BCUT2D eigenvalue weighted by molar-refractivity contribution is 9.10. The second kappa shape index (κ2) is 8.14. The van der Waals surface area contributed by atoms with Crippen LogP contribution in [0.2, 0.25) is 0 Å². The number of hydrogen-bond donors (Lipinski definition) is 2. The summed E-state index contributed by atoms with van der Waals surface area (Å²) in [6, 6.07) is 3.63. The molecule has 130 valence electrons. The highest BCUT2D eigenvalue weighted by Crippen LogP contribution is 2.36. The van der Waals surface area contributed by atoms with E-state index in [1.807, 2.05) is 13.8 Å². The highest BCUT2D eigenvalue weighted by atomic mass is 79.9. The molecule has 0 aliphatic heterocycles. The lowest BCUT2D eigenvalue weighted by Gasteiger charge is -2.15. The van der Waals surface area contributed by atoms with Crippen LogP contribution in [0.25, 0.3) is 0 Å². The first-order chi connectivity index (χ1) is 11.4. The van der Waals surface area contributed by atoms with E-state index >= 15 is 0 Å². The summed E-state index contributed by atoms with van der Waals surface area (Å²) in [5, 5.41) is 6.38. The van der Waals surface area contributed by atoms with Crippen molar-refractivity contribution in [3.05, 3.63) is 22.2 Å². The Bertz CT molecular complexity index is 657. The Morgan fingerprint density at radius 3 is 2.62 bits per heavy atom. The van der Waals surface area contributed by atoms with E-state index in [1.165, 1.54) is 6.21 Å². The molecule has 0 radical (unpaired) electrons. The van der Waals surface area contributed by atoms with Crippen LogP contribution < -0.4 is 20.2 Å². The number of amides is 2. The van der Waals surface area contributed by atoms with E-state index in [9.17, 15) is 9.59 Å². The van der Waals surface area contributed by atoms with Crippen LogP contribution in [0.3, 0.4) is 0 Å². The van der Waals surface area contributed by atoms with E-state index in [0.29, 0.717) is 21.5 Å². The maximum absolute atomic E-state index is 11.6. The zero-order valence-electron chi connectivity index (χ0n) is 13.8. The van der Waals surface area contributed by atoms with Crippen molar-refractivity contribution in [1.29, 1.82) is 0 Å². The molecule has 2 N–H and O–H groups in total. The van der Waals surface area contributed by atoms with Gasteiger partial charge in [0.2, 0.25) is 0 Å². The average molecular weight is 398 g/mol. The molecule has 1 aromatic carbocycles. The fraction of sp³-hybridized carbons (Fsp3) is 0.438. The van der Waals surface area contributed by atoms with Gasteiger partial charge in [-0.05, 0) is 60.3 Å². The molecule has 1 aliphatic carbocycles. The number of rotatable bonds is 6. The van der Waals surface area contributed by atoms with Gasteiger partial charge in [0.1, 0.15) is 0 Å². The largest absolute Gasteiger partial charge is 0.493 e. The first kappa shape index (κ1) is 18.3. The Morgan fingerprint density at radius 1 is 1.33 bits per heavy atom. The SMILES string of the molecule is COc1cc(/C=N\NC(=O)C(=O)NC2CC2)cc(Br)c1OC(C)C. The van der Waals surface area contributed by atoms with Crippen LogP contribution in [-0.4, -0.2) is 37.3 Å². The maximum Gasteiger partial charge on any atom is 0.329 e. The van der Waals surface area contributed by atoms with Gasteiger partial charge in [-0.15, -0.1) is 0 Å². The van der Waals surface area contributed by atoms with E-state index in [2.05, 4.69) is 31.8 Å². The molecule has 0 unspecified atom stereocenters. The second-order valence-corrected chi connectivity index (χ2v) is 6.50.